The summed E-state index contributed by atoms with van der Waals surface area (Å²) in [6.07, 6.45) is 3.28. The predicted octanol–water partition coefficient (Wildman–Crippen LogP) is 2.86. The van der Waals surface area contributed by atoms with Crippen LogP contribution in [-0.4, -0.2) is 21.0 Å². The van der Waals surface area contributed by atoms with Crippen LogP contribution in [0.5, 0.6) is 0 Å². The Kier molecular flexibility index (Phi) is 4.75. The molecule has 110 valence electrons. The quantitative estimate of drug-likeness (QED) is 0.835. The number of aldehydes is 1. The van der Waals surface area contributed by atoms with E-state index < -0.39 is 10.0 Å². The number of aryl methyl sites for hydroxylation is 1. The summed E-state index contributed by atoms with van der Waals surface area (Å²) >= 11 is 0. The Hall–Kier alpha value is -2.14. The molecule has 0 saturated carbocycles. The number of hydrogen-bond donors (Lipinski definition) is 1. The second-order valence-corrected chi connectivity index (χ2v) is 6.61. The molecule has 2 rings (SSSR count). The highest BCUT2D eigenvalue weighted by molar-refractivity contribution is 7.92. The molecule has 0 radical (unpaired) electrons. The van der Waals surface area contributed by atoms with Gasteiger partial charge in [0.25, 0.3) is 0 Å². The van der Waals surface area contributed by atoms with Crippen LogP contribution in [0.3, 0.4) is 0 Å². The molecule has 0 aromatic heterocycles. The summed E-state index contributed by atoms with van der Waals surface area (Å²) in [5, 5.41) is 0. The summed E-state index contributed by atoms with van der Waals surface area (Å²) in [5.74, 6) is 0. The summed E-state index contributed by atoms with van der Waals surface area (Å²) in [6, 6.07) is 15.2. The van der Waals surface area contributed by atoms with E-state index in [9.17, 15) is 13.2 Å². The van der Waals surface area contributed by atoms with Crippen LogP contribution in [0.4, 0.5) is 5.69 Å². The maximum atomic E-state index is 11.2. The summed E-state index contributed by atoms with van der Waals surface area (Å²) < 4.78 is 24.8. The van der Waals surface area contributed by atoms with Crippen LogP contribution in [-0.2, 0) is 21.2 Å². The molecule has 5 heteroatoms. The number of rotatable bonds is 6. The number of anilines is 1. The Bertz CT molecular complexity index is 721. The van der Waals surface area contributed by atoms with Gasteiger partial charge in [-0.2, -0.15) is 0 Å². The number of nitrogens with one attached hydrogen (secondary N) is 1. The molecule has 0 aliphatic rings. The van der Waals surface area contributed by atoms with Crippen molar-refractivity contribution in [2.24, 2.45) is 0 Å². The van der Waals surface area contributed by atoms with Gasteiger partial charge in [-0.15, -0.1) is 0 Å². The lowest BCUT2D eigenvalue weighted by Crippen LogP contribution is -2.09. The Labute approximate surface area is 124 Å². The Morgan fingerprint density at radius 1 is 1.05 bits per heavy atom. The van der Waals surface area contributed by atoms with Crippen molar-refractivity contribution < 1.29 is 13.2 Å². The molecular weight excluding hydrogens is 286 g/mol. The molecule has 0 heterocycles. The molecule has 2 aromatic carbocycles. The van der Waals surface area contributed by atoms with E-state index >= 15 is 0 Å². The summed E-state index contributed by atoms with van der Waals surface area (Å²) in [7, 11) is -3.25. The molecule has 0 saturated heterocycles. The number of hydrogen-bond acceptors (Lipinski definition) is 3. The maximum absolute atomic E-state index is 11.2. The van der Waals surface area contributed by atoms with Crippen molar-refractivity contribution in [3.63, 3.8) is 0 Å². The fourth-order valence-electron chi connectivity index (χ4n) is 2.08. The van der Waals surface area contributed by atoms with Crippen molar-refractivity contribution in [1.29, 1.82) is 0 Å². The Balaban J connectivity index is 2.20. The average Bonchev–Trinajstić information content (AvgIpc) is 2.44. The molecule has 0 aliphatic heterocycles. The van der Waals surface area contributed by atoms with Gasteiger partial charge in [0.15, 0.2) is 0 Å². The van der Waals surface area contributed by atoms with E-state index in [1.54, 1.807) is 12.1 Å². The van der Waals surface area contributed by atoms with Gasteiger partial charge >= 0.3 is 0 Å². The van der Waals surface area contributed by atoms with Gasteiger partial charge < -0.3 is 4.79 Å². The third kappa shape index (κ3) is 4.72. The van der Waals surface area contributed by atoms with Gasteiger partial charge in [-0.3, -0.25) is 4.72 Å². The van der Waals surface area contributed by atoms with Crippen molar-refractivity contribution in [3.8, 4) is 11.1 Å². The molecule has 0 bridgehead atoms. The zero-order chi connectivity index (χ0) is 15.3. The summed E-state index contributed by atoms with van der Waals surface area (Å²) in [5.41, 5.74) is 3.70. The molecule has 4 nitrogen and oxygen atoms in total. The van der Waals surface area contributed by atoms with Crippen LogP contribution in [0, 0.1) is 0 Å². The molecule has 0 fully saturated rings. The first-order chi connectivity index (χ1) is 9.98. The number of sulfonamides is 1. The summed E-state index contributed by atoms with van der Waals surface area (Å²) in [6.45, 7) is 0. The number of benzene rings is 2. The third-order valence-electron chi connectivity index (χ3n) is 3.00. The Morgan fingerprint density at radius 3 is 2.38 bits per heavy atom. The molecule has 0 atom stereocenters. The standard InChI is InChI=1S/C16H17NO3S/c1-21(19,20)17-16-9-7-14(8-10-16)15-6-2-4-13(12-15)5-3-11-18/h2,4,6-12,17H,3,5H2,1H3. The van der Waals surface area contributed by atoms with Crippen molar-refractivity contribution in [1.82, 2.24) is 0 Å². The minimum Gasteiger partial charge on any atom is -0.303 e. The third-order valence-corrected chi connectivity index (χ3v) is 3.61. The first-order valence-corrected chi connectivity index (χ1v) is 8.48. The monoisotopic (exact) mass is 303 g/mol. The second-order valence-electron chi connectivity index (χ2n) is 4.86. The first-order valence-electron chi connectivity index (χ1n) is 6.59. The highest BCUT2D eigenvalue weighted by atomic mass is 32.2. The van der Waals surface area contributed by atoms with Crippen LogP contribution in [0.25, 0.3) is 11.1 Å². The van der Waals surface area contributed by atoms with E-state index in [0.717, 1.165) is 35.7 Å². The lowest BCUT2D eigenvalue weighted by atomic mass is 10.0. The van der Waals surface area contributed by atoms with Gasteiger partial charge in [-0.25, -0.2) is 8.42 Å². The highest BCUT2D eigenvalue weighted by Gasteiger charge is 2.03. The van der Waals surface area contributed by atoms with Crippen molar-refractivity contribution in [2.75, 3.05) is 11.0 Å². The van der Waals surface area contributed by atoms with E-state index in [0.29, 0.717) is 12.1 Å². The Morgan fingerprint density at radius 2 is 1.76 bits per heavy atom. The molecule has 0 amide bonds. The van der Waals surface area contributed by atoms with Crippen LogP contribution >= 0.6 is 0 Å². The molecule has 1 N–H and O–H groups in total. The fourth-order valence-corrected chi connectivity index (χ4v) is 2.64. The normalized spacial score (nSPS) is 11.1. The van der Waals surface area contributed by atoms with Gasteiger partial charge in [0.05, 0.1) is 6.26 Å². The van der Waals surface area contributed by atoms with Crippen molar-refractivity contribution in [2.45, 2.75) is 12.8 Å². The zero-order valence-corrected chi connectivity index (χ0v) is 12.6. The van der Waals surface area contributed by atoms with E-state index in [2.05, 4.69) is 4.72 Å². The minimum absolute atomic E-state index is 0.515. The van der Waals surface area contributed by atoms with Gasteiger partial charge in [0, 0.05) is 12.1 Å². The van der Waals surface area contributed by atoms with Gasteiger partial charge in [-0.05, 0) is 35.2 Å². The van der Waals surface area contributed by atoms with E-state index in [4.69, 9.17) is 0 Å². The largest absolute Gasteiger partial charge is 0.303 e. The van der Waals surface area contributed by atoms with Gasteiger partial charge in [-0.1, -0.05) is 36.4 Å². The zero-order valence-electron chi connectivity index (χ0n) is 11.7. The lowest BCUT2D eigenvalue weighted by Gasteiger charge is -2.07. The molecule has 21 heavy (non-hydrogen) atoms. The summed E-state index contributed by atoms with van der Waals surface area (Å²) in [4.78, 5) is 10.4. The van der Waals surface area contributed by atoms with Crippen LogP contribution < -0.4 is 4.72 Å². The SMILES string of the molecule is CS(=O)(=O)Nc1ccc(-c2cccc(CCC=O)c2)cc1. The molecule has 0 spiro atoms. The smallest absolute Gasteiger partial charge is 0.229 e. The van der Waals surface area contributed by atoms with Crippen molar-refractivity contribution >= 4 is 22.0 Å². The van der Waals surface area contributed by atoms with Crippen LogP contribution in [0.15, 0.2) is 48.5 Å². The van der Waals surface area contributed by atoms with Gasteiger partial charge in [0.2, 0.25) is 10.0 Å². The van der Waals surface area contributed by atoms with E-state index in [-0.39, 0.29) is 0 Å². The topological polar surface area (TPSA) is 63.2 Å². The van der Waals surface area contributed by atoms with Crippen LogP contribution in [0.2, 0.25) is 0 Å². The minimum atomic E-state index is -3.25. The number of carbonyl (C=O) groups is 1. The maximum Gasteiger partial charge on any atom is 0.229 e. The molecule has 2 aromatic rings. The average molecular weight is 303 g/mol. The predicted molar refractivity (Wildman–Crippen MR) is 84.7 cm³/mol. The van der Waals surface area contributed by atoms with E-state index in [1.165, 1.54) is 0 Å². The molecule has 0 unspecified atom stereocenters. The second kappa shape index (κ2) is 6.54. The fraction of sp³-hybridized carbons (Fsp3) is 0.188. The highest BCUT2D eigenvalue weighted by Crippen LogP contribution is 2.23. The molecule has 0 aliphatic carbocycles. The first kappa shape index (κ1) is 15.3. The van der Waals surface area contributed by atoms with Crippen molar-refractivity contribution in [3.05, 3.63) is 54.1 Å². The number of carbonyl (C=O) groups excluding carboxylic acids is 1. The lowest BCUT2D eigenvalue weighted by molar-refractivity contribution is -0.107. The van der Waals surface area contributed by atoms with E-state index in [1.807, 2.05) is 36.4 Å². The van der Waals surface area contributed by atoms with Crippen LogP contribution in [0.1, 0.15) is 12.0 Å². The molecular formula is C16H17NO3S. The van der Waals surface area contributed by atoms with Gasteiger partial charge in [0.1, 0.15) is 6.29 Å².